The van der Waals surface area contributed by atoms with Gasteiger partial charge in [-0.1, -0.05) is 19.0 Å². The highest BCUT2D eigenvalue weighted by Crippen LogP contribution is 2.22. The Kier molecular flexibility index (Phi) is 3.57. The second kappa shape index (κ2) is 5.00. The molecule has 0 aliphatic heterocycles. The molecule has 2 N–H and O–H groups in total. The topological polar surface area (TPSA) is 64.9 Å². The van der Waals surface area contributed by atoms with Crippen molar-refractivity contribution < 1.29 is 17.7 Å². The SMILES string of the molecule is CC(C)c1nc(C(N)c2cc(F)c(F)c(F)c2)no1. The average Bonchev–Trinajstić information content (AvgIpc) is 2.84. The van der Waals surface area contributed by atoms with Gasteiger partial charge in [0.2, 0.25) is 5.89 Å². The zero-order valence-electron chi connectivity index (χ0n) is 10.3. The Morgan fingerprint density at radius 2 is 1.74 bits per heavy atom. The summed E-state index contributed by atoms with van der Waals surface area (Å²) in [4.78, 5) is 4.03. The highest BCUT2D eigenvalue weighted by atomic mass is 19.2. The third-order valence-electron chi connectivity index (χ3n) is 2.59. The Hall–Kier alpha value is -1.89. The molecule has 1 atom stereocenters. The molecular weight excluding hydrogens is 259 g/mol. The summed E-state index contributed by atoms with van der Waals surface area (Å²) in [7, 11) is 0. The molecule has 2 aromatic rings. The summed E-state index contributed by atoms with van der Waals surface area (Å²) >= 11 is 0. The Morgan fingerprint density at radius 1 is 1.16 bits per heavy atom. The maximum atomic E-state index is 13.1. The Morgan fingerprint density at radius 3 is 2.21 bits per heavy atom. The molecule has 4 nitrogen and oxygen atoms in total. The summed E-state index contributed by atoms with van der Waals surface area (Å²) in [5.41, 5.74) is 5.81. The molecule has 2 rings (SSSR count). The van der Waals surface area contributed by atoms with E-state index in [4.69, 9.17) is 10.3 Å². The number of benzene rings is 1. The van der Waals surface area contributed by atoms with E-state index in [-0.39, 0.29) is 17.3 Å². The number of hydrogen-bond donors (Lipinski definition) is 1. The van der Waals surface area contributed by atoms with Crippen molar-refractivity contribution in [2.24, 2.45) is 5.73 Å². The summed E-state index contributed by atoms with van der Waals surface area (Å²) in [6, 6.07) is 0.643. The van der Waals surface area contributed by atoms with Crippen LogP contribution in [0.5, 0.6) is 0 Å². The number of hydrogen-bond acceptors (Lipinski definition) is 4. The van der Waals surface area contributed by atoms with Gasteiger partial charge >= 0.3 is 0 Å². The van der Waals surface area contributed by atoms with Crippen molar-refractivity contribution in [3.05, 3.63) is 46.9 Å². The van der Waals surface area contributed by atoms with E-state index >= 15 is 0 Å². The summed E-state index contributed by atoms with van der Waals surface area (Å²) in [6.07, 6.45) is 0. The van der Waals surface area contributed by atoms with Gasteiger partial charge in [0.1, 0.15) is 0 Å². The lowest BCUT2D eigenvalue weighted by Gasteiger charge is -2.08. The number of nitrogens with zero attached hydrogens (tertiary/aromatic N) is 2. The fourth-order valence-electron chi connectivity index (χ4n) is 1.51. The van der Waals surface area contributed by atoms with Gasteiger partial charge < -0.3 is 10.3 Å². The molecule has 1 aromatic heterocycles. The van der Waals surface area contributed by atoms with E-state index in [1.54, 1.807) is 0 Å². The highest BCUT2D eigenvalue weighted by Gasteiger charge is 2.21. The first-order valence-corrected chi connectivity index (χ1v) is 5.63. The molecule has 0 fully saturated rings. The van der Waals surface area contributed by atoms with E-state index in [9.17, 15) is 13.2 Å². The van der Waals surface area contributed by atoms with Crippen molar-refractivity contribution in [3.8, 4) is 0 Å². The number of rotatable bonds is 3. The first-order valence-electron chi connectivity index (χ1n) is 5.63. The van der Waals surface area contributed by atoms with E-state index < -0.39 is 23.5 Å². The van der Waals surface area contributed by atoms with Crippen molar-refractivity contribution in [3.63, 3.8) is 0 Å². The van der Waals surface area contributed by atoms with Gasteiger partial charge in [-0.15, -0.1) is 0 Å². The molecule has 0 saturated heterocycles. The van der Waals surface area contributed by atoms with Crippen LogP contribution in [0.4, 0.5) is 13.2 Å². The van der Waals surface area contributed by atoms with Crippen molar-refractivity contribution in [1.82, 2.24) is 10.1 Å². The van der Waals surface area contributed by atoms with Gasteiger partial charge in [-0.3, -0.25) is 0 Å². The molecule has 0 radical (unpaired) electrons. The second-order valence-corrected chi connectivity index (χ2v) is 4.42. The minimum atomic E-state index is -1.54. The quantitative estimate of drug-likeness (QED) is 0.871. The molecule has 1 unspecified atom stereocenters. The normalized spacial score (nSPS) is 13.0. The molecule has 1 aromatic carbocycles. The number of nitrogens with two attached hydrogens (primary N) is 1. The predicted molar refractivity (Wildman–Crippen MR) is 60.7 cm³/mol. The third-order valence-corrected chi connectivity index (χ3v) is 2.59. The molecule has 1 heterocycles. The van der Waals surface area contributed by atoms with Gasteiger partial charge in [-0.25, -0.2) is 13.2 Å². The lowest BCUT2D eigenvalue weighted by molar-refractivity contribution is 0.359. The van der Waals surface area contributed by atoms with Crippen molar-refractivity contribution in [1.29, 1.82) is 0 Å². The van der Waals surface area contributed by atoms with E-state index in [1.165, 1.54) is 0 Å². The molecule has 7 heteroatoms. The van der Waals surface area contributed by atoms with Crippen LogP contribution in [0.1, 0.15) is 43.1 Å². The minimum absolute atomic E-state index is 0.00939. The van der Waals surface area contributed by atoms with Gasteiger partial charge in [-0.05, 0) is 17.7 Å². The zero-order valence-corrected chi connectivity index (χ0v) is 10.3. The second-order valence-electron chi connectivity index (χ2n) is 4.42. The van der Waals surface area contributed by atoms with Crippen LogP contribution in [0.25, 0.3) is 0 Å². The maximum Gasteiger partial charge on any atom is 0.229 e. The first-order chi connectivity index (χ1) is 8.90. The van der Waals surface area contributed by atoms with Gasteiger partial charge in [0.15, 0.2) is 23.3 Å². The smallest absolute Gasteiger partial charge is 0.229 e. The molecule has 0 aliphatic carbocycles. The molecule has 0 spiro atoms. The Bertz CT molecular complexity index is 575. The Labute approximate surface area is 107 Å². The third kappa shape index (κ3) is 2.60. The van der Waals surface area contributed by atoms with Crippen LogP contribution in [0, 0.1) is 17.5 Å². The van der Waals surface area contributed by atoms with Gasteiger partial charge in [0.25, 0.3) is 0 Å². The van der Waals surface area contributed by atoms with Gasteiger partial charge in [0, 0.05) is 5.92 Å². The molecule has 0 amide bonds. The number of halogens is 3. The predicted octanol–water partition coefficient (Wildman–Crippen LogP) is 2.66. The molecule has 19 heavy (non-hydrogen) atoms. The lowest BCUT2D eigenvalue weighted by Crippen LogP contribution is -2.15. The van der Waals surface area contributed by atoms with Crippen LogP contribution in [0.2, 0.25) is 0 Å². The van der Waals surface area contributed by atoms with E-state index in [2.05, 4.69) is 10.1 Å². The Balaban J connectivity index is 2.35. The summed E-state index contributed by atoms with van der Waals surface area (Å²) < 4.78 is 44.0. The maximum absolute atomic E-state index is 13.1. The molecule has 0 aliphatic rings. The average molecular weight is 271 g/mol. The van der Waals surface area contributed by atoms with E-state index in [0.29, 0.717) is 5.89 Å². The lowest BCUT2D eigenvalue weighted by atomic mass is 10.1. The summed E-state index contributed by atoms with van der Waals surface area (Å²) in [5.74, 6) is -3.68. The first kappa shape index (κ1) is 13.5. The van der Waals surface area contributed by atoms with Crippen LogP contribution >= 0.6 is 0 Å². The minimum Gasteiger partial charge on any atom is -0.339 e. The van der Waals surface area contributed by atoms with Crippen LogP contribution in [0.3, 0.4) is 0 Å². The summed E-state index contributed by atoms with van der Waals surface area (Å²) in [5, 5.41) is 3.65. The van der Waals surface area contributed by atoms with Crippen LogP contribution in [-0.4, -0.2) is 10.1 Å². The van der Waals surface area contributed by atoms with Crippen LogP contribution in [-0.2, 0) is 0 Å². The van der Waals surface area contributed by atoms with Crippen LogP contribution < -0.4 is 5.73 Å². The fourth-order valence-corrected chi connectivity index (χ4v) is 1.51. The largest absolute Gasteiger partial charge is 0.339 e. The molecule has 0 saturated carbocycles. The molecule has 0 bridgehead atoms. The van der Waals surface area contributed by atoms with Crippen molar-refractivity contribution >= 4 is 0 Å². The fraction of sp³-hybridized carbons (Fsp3) is 0.333. The van der Waals surface area contributed by atoms with Crippen LogP contribution in [0.15, 0.2) is 16.7 Å². The monoisotopic (exact) mass is 271 g/mol. The van der Waals surface area contributed by atoms with Crippen molar-refractivity contribution in [2.45, 2.75) is 25.8 Å². The standard InChI is InChI=1S/C12H12F3N3O/c1-5(2)12-17-11(18-19-12)10(16)6-3-7(13)9(15)8(14)4-6/h3-5,10H,16H2,1-2H3. The molecular formula is C12H12F3N3O. The number of aromatic nitrogens is 2. The zero-order chi connectivity index (χ0) is 14.2. The molecule has 102 valence electrons. The van der Waals surface area contributed by atoms with E-state index in [0.717, 1.165) is 12.1 Å². The van der Waals surface area contributed by atoms with Gasteiger partial charge in [-0.2, -0.15) is 4.98 Å². The van der Waals surface area contributed by atoms with E-state index in [1.807, 2.05) is 13.8 Å². The van der Waals surface area contributed by atoms with Gasteiger partial charge in [0.05, 0.1) is 6.04 Å². The van der Waals surface area contributed by atoms with Crippen molar-refractivity contribution in [2.75, 3.05) is 0 Å². The summed E-state index contributed by atoms with van der Waals surface area (Å²) in [6.45, 7) is 3.69. The highest BCUT2D eigenvalue weighted by molar-refractivity contribution is 5.26.